The molecule has 0 aromatic heterocycles. The molecule has 3 aliphatic rings. The Morgan fingerprint density at radius 3 is 2.44 bits per heavy atom. The van der Waals surface area contributed by atoms with Crippen LogP contribution in [-0.4, -0.2) is 52.6 Å². The number of carbonyl (C=O) groups excluding carboxylic acids is 2. The lowest BCUT2D eigenvalue weighted by Crippen LogP contribution is -2.50. The van der Waals surface area contributed by atoms with Gasteiger partial charge in [0.1, 0.15) is 36.1 Å². The van der Waals surface area contributed by atoms with E-state index in [9.17, 15) is 9.59 Å². The van der Waals surface area contributed by atoms with Crippen molar-refractivity contribution in [2.45, 2.75) is 83.3 Å². The molecule has 2 saturated heterocycles. The third-order valence-electron chi connectivity index (χ3n) is 9.38. The molecule has 3 heterocycles. The van der Waals surface area contributed by atoms with E-state index in [-0.39, 0.29) is 34.4 Å². The van der Waals surface area contributed by atoms with Gasteiger partial charge < -0.3 is 14.2 Å². The van der Waals surface area contributed by atoms with Crippen molar-refractivity contribution in [2.75, 3.05) is 19.7 Å². The van der Waals surface area contributed by atoms with Crippen LogP contribution in [0.15, 0.2) is 54.6 Å². The smallest absolute Gasteiger partial charge is 0.286 e. The maximum absolute atomic E-state index is 11.9. The molecule has 0 saturated carbocycles. The van der Waals surface area contributed by atoms with Gasteiger partial charge in [-0.05, 0) is 106 Å². The van der Waals surface area contributed by atoms with Crippen molar-refractivity contribution in [3.8, 4) is 17.2 Å². The highest BCUT2D eigenvalue weighted by atomic mass is 35.5. The second-order valence-corrected chi connectivity index (χ2v) is 13.8. The number of imide groups is 1. The Labute approximate surface area is 276 Å². The van der Waals surface area contributed by atoms with Crippen LogP contribution < -0.4 is 19.5 Å². The number of thioether (sulfide) groups is 1. The minimum absolute atomic E-state index is 0. The summed E-state index contributed by atoms with van der Waals surface area (Å²) in [6.07, 6.45) is 4.71. The molecule has 3 atom stereocenters. The molecule has 0 radical (unpaired) electrons. The molecule has 0 bridgehead atoms. The number of benzene rings is 3. The Hall–Kier alpha value is -3.20. The normalized spacial score (nSPS) is 22.8. The van der Waals surface area contributed by atoms with Crippen molar-refractivity contribution in [1.82, 2.24) is 10.2 Å². The fourth-order valence-electron chi connectivity index (χ4n) is 6.72. The number of hydrogen-bond acceptors (Lipinski definition) is 7. The fourth-order valence-corrected chi connectivity index (χ4v) is 7.58. The Morgan fingerprint density at radius 1 is 0.978 bits per heavy atom. The number of likely N-dealkylation sites (tertiary alicyclic amines) is 1. The Morgan fingerprint density at radius 2 is 1.73 bits per heavy atom. The fraction of sp³-hybridized carbons (Fsp3) is 0.444. The number of carbonyl (C=O) groups is 2. The van der Waals surface area contributed by atoms with Gasteiger partial charge >= 0.3 is 0 Å². The van der Waals surface area contributed by atoms with Crippen molar-refractivity contribution in [3.05, 3.63) is 88.0 Å². The number of fused-ring (bicyclic) bond motifs is 1. The highest BCUT2D eigenvalue weighted by molar-refractivity contribution is 8.15. The molecule has 0 spiro atoms. The summed E-state index contributed by atoms with van der Waals surface area (Å²) in [4.78, 5) is 25.9. The number of hydrogen-bond donors (Lipinski definition) is 1. The first-order chi connectivity index (χ1) is 21.2. The molecule has 2 unspecified atom stereocenters. The summed E-state index contributed by atoms with van der Waals surface area (Å²) in [6.45, 7) is 11.8. The van der Waals surface area contributed by atoms with Crippen LogP contribution in [0, 0.1) is 20.8 Å². The summed E-state index contributed by atoms with van der Waals surface area (Å²) < 4.78 is 19.5. The number of nitrogens with zero attached hydrogens (tertiary/aromatic N) is 1. The number of nitrogens with one attached hydrogen (secondary N) is 1. The molecule has 45 heavy (non-hydrogen) atoms. The maximum Gasteiger partial charge on any atom is 0.286 e. The topological polar surface area (TPSA) is 77.1 Å². The molecule has 240 valence electrons. The predicted molar refractivity (Wildman–Crippen MR) is 181 cm³/mol. The third kappa shape index (κ3) is 7.45. The van der Waals surface area contributed by atoms with Gasteiger partial charge in [-0.25, -0.2) is 0 Å². The molecule has 3 aromatic rings. The van der Waals surface area contributed by atoms with E-state index in [1.165, 1.54) is 22.3 Å². The van der Waals surface area contributed by atoms with Crippen molar-refractivity contribution >= 4 is 35.3 Å². The summed E-state index contributed by atoms with van der Waals surface area (Å²) in [6, 6.07) is 18.5. The van der Waals surface area contributed by atoms with Crippen LogP contribution in [0.4, 0.5) is 4.79 Å². The molecule has 2 fully saturated rings. The van der Waals surface area contributed by atoms with Crippen LogP contribution in [0.1, 0.15) is 59.6 Å². The number of halogens is 1. The van der Waals surface area contributed by atoms with Crippen LogP contribution in [0.25, 0.3) is 0 Å². The standard InChI is InChI=1S/C36H42N2O5S.ClH/c1-23-24(2)33-30(25(3)32(23)42-20-27-9-6-5-7-10-27)16-17-36(4,43-33)22-38-18-8-11-28(38)21-41-29-14-12-26(13-15-29)19-31-34(39)37-35(40)44-31;/h5-7,9-10,12-15,28,31H,8,11,16-22H2,1-4H3,(H,37,39,40);1H/t28-,31?,36?;/m0./s1. The van der Waals surface area contributed by atoms with Crippen LogP contribution in [0.2, 0.25) is 0 Å². The molecule has 9 heteroatoms. The first-order valence-corrected chi connectivity index (χ1v) is 16.5. The first kappa shape index (κ1) is 33.2. The van der Waals surface area contributed by atoms with E-state index in [2.05, 4.69) is 50.0 Å². The van der Waals surface area contributed by atoms with E-state index in [0.717, 1.165) is 78.9 Å². The summed E-state index contributed by atoms with van der Waals surface area (Å²) in [5, 5.41) is 1.73. The second kappa shape index (κ2) is 14.1. The second-order valence-electron chi connectivity index (χ2n) is 12.6. The van der Waals surface area contributed by atoms with E-state index >= 15 is 0 Å². The monoisotopic (exact) mass is 650 g/mol. The lowest BCUT2D eigenvalue weighted by molar-refractivity contribution is -0.118. The zero-order valence-corrected chi connectivity index (χ0v) is 28.2. The Balaban J connectivity index is 0.00000400. The molecular weight excluding hydrogens is 608 g/mol. The highest BCUT2D eigenvalue weighted by Gasteiger charge is 2.39. The third-order valence-corrected chi connectivity index (χ3v) is 10.4. The van der Waals surface area contributed by atoms with Crippen molar-refractivity contribution < 1.29 is 23.8 Å². The van der Waals surface area contributed by atoms with E-state index in [0.29, 0.717) is 25.7 Å². The summed E-state index contributed by atoms with van der Waals surface area (Å²) in [5.74, 6) is 2.63. The molecule has 6 rings (SSSR count). The first-order valence-electron chi connectivity index (χ1n) is 15.6. The molecule has 7 nitrogen and oxygen atoms in total. The predicted octanol–water partition coefficient (Wildman–Crippen LogP) is 7.13. The molecular formula is C36H43ClN2O5S. The summed E-state index contributed by atoms with van der Waals surface area (Å²) in [5.41, 5.74) is 6.69. The lowest BCUT2D eigenvalue weighted by Gasteiger charge is -2.41. The Bertz CT molecular complexity index is 1530. The minimum atomic E-state index is -0.358. The van der Waals surface area contributed by atoms with Gasteiger partial charge in [0.25, 0.3) is 5.24 Å². The SMILES string of the molecule is Cc1c(C)c2c(c(C)c1OCc1ccccc1)CCC(C)(CN1CCC[C@H]1COc1ccc(CC3SC(=O)NC3=O)cc1)O2.Cl. The van der Waals surface area contributed by atoms with Crippen molar-refractivity contribution in [1.29, 1.82) is 0 Å². The summed E-state index contributed by atoms with van der Waals surface area (Å²) in [7, 11) is 0. The van der Waals surface area contributed by atoms with Crippen LogP contribution in [0.3, 0.4) is 0 Å². The van der Waals surface area contributed by atoms with Gasteiger partial charge in [0.15, 0.2) is 0 Å². The maximum atomic E-state index is 11.9. The molecule has 3 aromatic carbocycles. The van der Waals surface area contributed by atoms with Crippen LogP contribution in [0.5, 0.6) is 17.2 Å². The van der Waals surface area contributed by atoms with Gasteiger partial charge in [0.2, 0.25) is 5.91 Å². The summed E-state index contributed by atoms with van der Waals surface area (Å²) >= 11 is 1.06. The van der Waals surface area contributed by atoms with Crippen LogP contribution >= 0.6 is 24.2 Å². The average molecular weight is 651 g/mol. The van der Waals surface area contributed by atoms with E-state index in [1.807, 2.05) is 42.5 Å². The molecule has 0 aliphatic carbocycles. The number of ether oxygens (including phenoxy) is 3. The van der Waals surface area contributed by atoms with Gasteiger partial charge in [-0.15, -0.1) is 12.4 Å². The van der Waals surface area contributed by atoms with Gasteiger partial charge in [-0.1, -0.05) is 54.2 Å². The molecule has 3 aliphatic heterocycles. The van der Waals surface area contributed by atoms with Gasteiger partial charge in [-0.2, -0.15) is 0 Å². The zero-order valence-electron chi connectivity index (χ0n) is 26.5. The number of amides is 2. The Kier molecular flexibility index (Phi) is 10.4. The highest BCUT2D eigenvalue weighted by Crippen LogP contribution is 2.44. The molecule has 1 N–H and O–H groups in total. The van der Waals surface area contributed by atoms with E-state index in [4.69, 9.17) is 14.2 Å². The van der Waals surface area contributed by atoms with Gasteiger partial charge in [0.05, 0.1) is 5.25 Å². The largest absolute Gasteiger partial charge is 0.492 e. The van der Waals surface area contributed by atoms with Gasteiger partial charge in [-0.3, -0.25) is 19.8 Å². The van der Waals surface area contributed by atoms with Crippen molar-refractivity contribution in [3.63, 3.8) is 0 Å². The van der Waals surface area contributed by atoms with E-state index in [1.54, 1.807) is 0 Å². The number of rotatable bonds is 10. The minimum Gasteiger partial charge on any atom is -0.492 e. The zero-order chi connectivity index (χ0) is 30.8. The average Bonchev–Trinajstić information content (AvgIpc) is 3.59. The van der Waals surface area contributed by atoms with Gasteiger partial charge in [0, 0.05) is 18.2 Å². The molecule has 2 amide bonds. The van der Waals surface area contributed by atoms with Crippen LogP contribution in [-0.2, 0) is 24.2 Å². The van der Waals surface area contributed by atoms with E-state index < -0.39 is 0 Å². The van der Waals surface area contributed by atoms with Crippen molar-refractivity contribution in [2.24, 2.45) is 0 Å². The quantitative estimate of drug-likeness (QED) is 0.250. The lowest BCUT2D eigenvalue weighted by atomic mass is 9.86.